The lowest BCUT2D eigenvalue weighted by atomic mass is 9.85. The van der Waals surface area contributed by atoms with Crippen molar-refractivity contribution in [3.05, 3.63) is 47.8 Å². The molecular formula is C22H26N4O3. The maximum Gasteiger partial charge on any atom is 0.317 e. The zero-order chi connectivity index (χ0) is 20.4. The van der Waals surface area contributed by atoms with Crippen molar-refractivity contribution in [2.45, 2.75) is 44.7 Å². The molecule has 2 N–H and O–H groups in total. The number of nitrogens with one attached hydrogen (secondary N) is 1. The zero-order valence-electron chi connectivity index (χ0n) is 16.5. The minimum Gasteiger partial charge on any atom is -0.480 e. The summed E-state index contributed by atoms with van der Waals surface area (Å²) in [6.07, 6.45) is 5.55. The van der Waals surface area contributed by atoms with Crippen LogP contribution in [0, 0.1) is 12.8 Å². The van der Waals surface area contributed by atoms with Crippen LogP contribution < -0.4 is 5.32 Å². The van der Waals surface area contributed by atoms with Gasteiger partial charge in [0.15, 0.2) is 5.82 Å². The van der Waals surface area contributed by atoms with Crippen LogP contribution in [0.1, 0.15) is 41.7 Å². The molecule has 7 nitrogen and oxygen atoms in total. The highest BCUT2D eigenvalue weighted by Crippen LogP contribution is 2.33. The van der Waals surface area contributed by atoms with E-state index in [-0.39, 0.29) is 24.5 Å². The summed E-state index contributed by atoms with van der Waals surface area (Å²) in [5, 5.41) is 12.2. The van der Waals surface area contributed by atoms with Crippen LogP contribution in [0.5, 0.6) is 0 Å². The molecule has 0 spiro atoms. The standard InChI is InChI=1S/C22H26N4O3/c1-14-19(11-23-21(24-14)16-5-3-2-4-6-16)22(29)25-17-9-18(10-17)26(13-20(27)28)12-15-7-8-15/h2-6,11,15,17-18H,7-10,12-13H2,1H3,(H,25,29)(H,27,28). The average molecular weight is 394 g/mol. The van der Waals surface area contributed by atoms with Gasteiger partial charge < -0.3 is 10.4 Å². The summed E-state index contributed by atoms with van der Waals surface area (Å²) in [5.41, 5.74) is 2.04. The van der Waals surface area contributed by atoms with Gasteiger partial charge in [0.05, 0.1) is 17.8 Å². The van der Waals surface area contributed by atoms with Gasteiger partial charge in [0.25, 0.3) is 5.91 Å². The van der Waals surface area contributed by atoms with Crippen LogP contribution >= 0.6 is 0 Å². The summed E-state index contributed by atoms with van der Waals surface area (Å²) in [4.78, 5) is 34.7. The number of benzene rings is 1. The Hall–Kier alpha value is -2.80. The van der Waals surface area contributed by atoms with E-state index in [1.54, 1.807) is 6.20 Å². The highest BCUT2D eigenvalue weighted by molar-refractivity contribution is 5.95. The van der Waals surface area contributed by atoms with Crippen LogP contribution in [0.15, 0.2) is 36.5 Å². The lowest BCUT2D eigenvalue weighted by Crippen LogP contribution is -2.55. The summed E-state index contributed by atoms with van der Waals surface area (Å²) < 4.78 is 0. The highest BCUT2D eigenvalue weighted by atomic mass is 16.4. The number of carbonyl (C=O) groups excluding carboxylic acids is 1. The second-order valence-electron chi connectivity index (χ2n) is 8.12. The van der Waals surface area contributed by atoms with Crippen molar-refractivity contribution in [2.24, 2.45) is 5.92 Å². The number of nitrogens with zero attached hydrogens (tertiary/aromatic N) is 3. The summed E-state index contributed by atoms with van der Waals surface area (Å²) in [6.45, 7) is 2.75. The van der Waals surface area contributed by atoms with Gasteiger partial charge in [-0.25, -0.2) is 9.97 Å². The number of amides is 1. The van der Waals surface area contributed by atoms with Crippen molar-refractivity contribution >= 4 is 11.9 Å². The molecule has 0 atom stereocenters. The summed E-state index contributed by atoms with van der Waals surface area (Å²) in [7, 11) is 0. The van der Waals surface area contributed by atoms with E-state index in [0.717, 1.165) is 24.9 Å². The lowest BCUT2D eigenvalue weighted by Gasteiger charge is -2.42. The topological polar surface area (TPSA) is 95.4 Å². The fourth-order valence-electron chi connectivity index (χ4n) is 3.83. The van der Waals surface area contributed by atoms with Crippen molar-refractivity contribution in [1.29, 1.82) is 0 Å². The molecule has 1 aromatic heterocycles. The van der Waals surface area contributed by atoms with Crippen molar-refractivity contribution in [3.8, 4) is 11.4 Å². The summed E-state index contributed by atoms with van der Waals surface area (Å²) in [6, 6.07) is 9.97. The SMILES string of the molecule is Cc1nc(-c2ccccc2)ncc1C(=O)NC1CC(N(CC(=O)O)CC2CC2)C1. The largest absolute Gasteiger partial charge is 0.480 e. The number of carboxylic acid groups (broad SMARTS) is 1. The van der Waals surface area contributed by atoms with E-state index in [9.17, 15) is 9.59 Å². The second kappa shape index (κ2) is 8.29. The maximum atomic E-state index is 12.7. The van der Waals surface area contributed by atoms with Gasteiger partial charge in [-0.15, -0.1) is 0 Å². The molecule has 2 aliphatic rings. The van der Waals surface area contributed by atoms with Gasteiger partial charge in [0.1, 0.15) is 0 Å². The van der Waals surface area contributed by atoms with Gasteiger partial charge in [-0.1, -0.05) is 30.3 Å². The van der Waals surface area contributed by atoms with Gasteiger partial charge >= 0.3 is 5.97 Å². The number of rotatable bonds is 8. The Morgan fingerprint density at radius 1 is 1.21 bits per heavy atom. The molecule has 1 aromatic carbocycles. The van der Waals surface area contributed by atoms with Gasteiger partial charge in [-0.2, -0.15) is 0 Å². The van der Waals surface area contributed by atoms with Crippen LogP contribution in [-0.4, -0.2) is 57.0 Å². The predicted molar refractivity (Wildman–Crippen MR) is 108 cm³/mol. The Morgan fingerprint density at radius 3 is 2.55 bits per heavy atom. The molecular weight excluding hydrogens is 368 g/mol. The van der Waals surface area contributed by atoms with Gasteiger partial charge in [0.2, 0.25) is 0 Å². The van der Waals surface area contributed by atoms with E-state index in [1.165, 1.54) is 12.8 Å². The van der Waals surface area contributed by atoms with E-state index in [0.29, 0.717) is 23.0 Å². The van der Waals surface area contributed by atoms with Crippen molar-refractivity contribution in [3.63, 3.8) is 0 Å². The molecule has 0 unspecified atom stereocenters. The zero-order valence-corrected chi connectivity index (χ0v) is 16.5. The molecule has 29 heavy (non-hydrogen) atoms. The molecule has 0 radical (unpaired) electrons. The molecule has 0 saturated heterocycles. The number of carboxylic acids is 1. The smallest absolute Gasteiger partial charge is 0.317 e. The van der Waals surface area contributed by atoms with E-state index >= 15 is 0 Å². The Morgan fingerprint density at radius 2 is 1.93 bits per heavy atom. The first kappa shape index (κ1) is 19.5. The fourth-order valence-corrected chi connectivity index (χ4v) is 3.83. The number of aryl methyl sites for hydroxylation is 1. The first-order chi connectivity index (χ1) is 14.0. The van der Waals surface area contributed by atoms with Crippen LogP contribution in [0.25, 0.3) is 11.4 Å². The van der Waals surface area contributed by atoms with Crippen LogP contribution in [0.4, 0.5) is 0 Å². The quantitative estimate of drug-likeness (QED) is 0.714. The van der Waals surface area contributed by atoms with Gasteiger partial charge in [-0.3, -0.25) is 14.5 Å². The minimum absolute atomic E-state index is 0.0659. The van der Waals surface area contributed by atoms with Crippen LogP contribution in [0.3, 0.4) is 0 Å². The van der Waals surface area contributed by atoms with E-state index in [2.05, 4.69) is 20.2 Å². The van der Waals surface area contributed by atoms with Crippen molar-refractivity contribution in [2.75, 3.05) is 13.1 Å². The predicted octanol–water partition coefficient (Wildman–Crippen LogP) is 2.51. The molecule has 7 heteroatoms. The first-order valence-corrected chi connectivity index (χ1v) is 10.2. The second-order valence-corrected chi connectivity index (χ2v) is 8.12. The lowest BCUT2D eigenvalue weighted by molar-refractivity contribution is -0.139. The van der Waals surface area contributed by atoms with E-state index in [4.69, 9.17) is 5.11 Å². The first-order valence-electron chi connectivity index (χ1n) is 10.2. The Balaban J connectivity index is 1.33. The monoisotopic (exact) mass is 394 g/mol. The Labute approximate surface area is 170 Å². The molecule has 2 aliphatic carbocycles. The molecule has 1 amide bonds. The number of hydrogen-bond donors (Lipinski definition) is 2. The van der Waals surface area contributed by atoms with Crippen molar-refractivity contribution < 1.29 is 14.7 Å². The number of aromatic nitrogens is 2. The molecule has 2 saturated carbocycles. The van der Waals surface area contributed by atoms with E-state index < -0.39 is 5.97 Å². The van der Waals surface area contributed by atoms with Gasteiger partial charge in [-0.05, 0) is 38.5 Å². The molecule has 0 aliphatic heterocycles. The summed E-state index contributed by atoms with van der Waals surface area (Å²) >= 11 is 0. The van der Waals surface area contributed by atoms with Crippen LogP contribution in [0.2, 0.25) is 0 Å². The Bertz CT molecular complexity index is 892. The van der Waals surface area contributed by atoms with Crippen LogP contribution in [-0.2, 0) is 4.79 Å². The summed E-state index contributed by atoms with van der Waals surface area (Å²) in [5.74, 6) is 0.292. The highest BCUT2D eigenvalue weighted by Gasteiger charge is 2.38. The number of hydrogen-bond acceptors (Lipinski definition) is 5. The molecule has 4 rings (SSSR count). The Kier molecular flexibility index (Phi) is 5.58. The van der Waals surface area contributed by atoms with E-state index in [1.807, 2.05) is 37.3 Å². The molecule has 2 fully saturated rings. The minimum atomic E-state index is -0.788. The normalized spacial score (nSPS) is 20.9. The third-order valence-corrected chi connectivity index (χ3v) is 5.75. The molecule has 2 aromatic rings. The third-order valence-electron chi connectivity index (χ3n) is 5.75. The number of carbonyl (C=O) groups is 2. The molecule has 152 valence electrons. The third kappa shape index (κ3) is 4.79. The number of aliphatic carboxylic acids is 1. The van der Waals surface area contributed by atoms with Gasteiger partial charge in [0, 0.05) is 30.4 Å². The molecule has 1 heterocycles. The van der Waals surface area contributed by atoms with Crippen molar-refractivity contribution in [1.82, 2.24) is 20.2 Å². The maximum absolute atomic E-state index is 12.7. The fraction of sp³-hybridized carbons (Fsp3) is 0.455. The average Bonchev–Trinajstić information content (AvgIpc) is 3.48. The molecule has 0 bridgehead atoms.